The van der Waals surface area contributed by atoms with Crippen LogP contribution in [0.1, 0.15) is 26.3 Å². The van der Waals surface area contributed by atoms with E-state index in [4.69, 9.17) is 21.4 Å². The van der Waals surface area contributed by atoms with Crippen LogP contribution in [0, 0.1) is 0 Å². The Morgan fingerprint density at radius 3 is 2.32 bits per heavy atom. The highest BCUT2D eigenvalue weighted by molar-refractivity contribution is 7.88. The molecule has 1 atom stereocenters. The number of carboxylic acids is 1. The monoisotopic (exact) mass is 349 g/mol. The van der Waals surface area contributed by atoms with Crippen LogP contribution in [0.4, 0.5) is 0 Å². The van der Waals surface area contributed by atoms with Crippen molar-refractivity contribution in [3.05, 3.63) is 34.9 Å². The molecule has 0 aliphatic rings. The van der Waals surface area contributed by atoms with E-state index in [0.29, 0.717) is 10.6 Å². The summed E-state index contributed by atoms with van der Waals surface area (Å²) in [5.41, 5.74) is -0.0484. The minimum absolute atomic E-state index is 0.251. The third-order valence-electron chi connectivity index (χ3n) is 2.57. The number of carbonyl (C=O) groups is 1. The number of nitrogens with one attached hydrogen (secondary N) is 1. The Morgan fingerprint density at radius 1 is 1.32 bits per heavy atom. The third-order valence-corrected chi connectivity index (χ3v) is 4.18. The van der Waals surface area contributed by atoms with Gasteiger partial charge in [0.15, 0.2) is 0 Å². The van der Waals surface area contributed by atoms with Crippen LogP contribution < -0.4 is 4.72 Å². The lowest BCUT2D eigenvalue weighted by atomic mass is 10.2. The van der Waals surface area contributed by atoms with Crippen LogP contribution in [-0.4, -0.2) is 37.7 Å². The summed E-state index contributed by atoms with van der Waals surface area (Å²) in [5, 5.41) is 9.61. The summed E-state index contributed by atoms with van der Waals surface area (Å²) in [7, 11) is -3.81. The van der Waals surface area contributed by atoms with Gasteiger partial charge in [0, 0.05) is 5.02 Å². The molecule has 6 nitrogen and oxygen atoms in total. The minimum atomic E-state index is -3.81. The second-order valence-corrected chi connectivity index (χ2v) is 8.01. The van der Waals surface area contributed by atoms with Gasteiger partial charge in [0.2, 0.25) is 10.0 Å². The van der Waals surface area contributed by atoms with E-state index < -0.39 is 27.6 Å². The van der Waals surface area contributed by atoms with Gasteiger partial charge in [-0.25, -0.2) is 8.42 Å². The molecular weight excluding hydrogens is 330 g/mol. The molecular formula is C14H20ClNO5S. The molecule has 2 N–H and O–H groups in total. The van der Waals surface area contributed by atoms with Crippen molar-refractivity contribution in [1.82, 2.24) is 4.72 Å². The number of sulfonamides is 1. The summed E-state index contributed by atoms with van der Waals surface area (Å²) in [6.07, 6.45) is 0. The van der Waals surface area contributed by atoms with Crippen LogP contribution in [0.2, 0.25) is 5.02 Å². The van der Waals surface area contributed by atoms with E-state index in [0.717, 1.165) is 0 Å². The molecule has 0 bridgehead atoms. The van der Waals surface area contributed by atoms with Gasteiger partial charge >= 0.3 is 5.97 Å². The van der Waals surface area contributed by atoms with E-state index in [1.807, 2.05) is 0 Å². The Balaban J connectivity index is 2.74. The fourth-order valence-electron chi connectivity index (χ4n) is 1.55. The Kier molecular flexibility index (Phi) is 6.37. The van der Waals surface area contributed by atoms with Crippen molar-refractivity contribution in [2.75, 3.05) is 6.61 Å². The molecule has 0 heterocycles. The normalized spacial score (nSPS) is 13.8. The Labute approximate surface area is 135 Å². The summed E-state index contributed by atoms with van der Waals surface area (Å²) in [6, 6.07) is 4.95. The van der Waals surface area contributed by atoms with Gasteiger partial charge < -0.3 is 9.84 Å². The maximum absolute atomic E-state index is 12.1. The summed E-state index contributed by atoms with van der Waals surface area (Å²) in [4.78, 5) is 11.2. The quantitative estimate of drug-likeness (QED) is 0.785. The van der Waals surface area contributed by atoms with Gasteiger partial charge in [-0.05, 0) is 38.5 Å². The predicted octanol–water partition coefficient (Wildman–Crippen LogP) is 2.03. The fourth-order valence-corrected chi connectivity index (χ4v) is 2.99. The maximum atomic E-state index is 12.1. The molecule has 8 heteroatoms. The maximum Gasteiger partial charge on any atom is 0.324 e. The number of ether oxygens (including phenoxy) is 1. The largest absolute Gasteiger partial charge is 0.480 e. The highest BCUT2D eigenvalue weighted by atomic mass is 35.5. The molecule has 0 aliphatic carbocycles. The van der Waals surface area contributed by atoms with E-state index in [1.54, 1.807) is 45.0 Å². The summed E-state index contributed by atoms with van der Waals surface area (Å²) < 4.78 is 31.6. The Morgan fingerprint density at radius 2 is 1.86 bits per heavy atom. The molecule has 0 aromatic heterocycles. The lowest BCUT2D eigenvalue weighted by Gasteiger charge is -2.23. The average Bonchev–Trinajstić information content (AvgIpc) is 2.35. The van der Waals surface area contributed by atoms with Crippen molar-refractivity contribution < 1.29 is 23.1 Å². The molecule has 0 aliphatic heterocycles. The number of hydrogen-bond donors (Lipinski definition) is 2. The second kappa shape index (κ2) is 7.41. The zero-order valence-corrected chi connectivity index (χ0v) is 14.2. The van der Waals surface area contributed by atoms with Crippen molar-refractivity contribution in [2.45, 2.75) is 38.2 Å². The van der Waals surface area contributed by atoms with Crippen molar-refractivity contribution in [3.63, 3.8) is 0 Å². The summed E-state index contributed by atoms with van der Waals surface area (Å²) in [6.45, 7) is 5.02. The zero-order chi connectivity index (χ0) is 17.0. The standard InChI is InChI=1S/C14H20ClNO5S/c1-14(2,3)21-8-12(13(17)18)16-22(19,20)9-10-4-6-11(15)7-5-10/h4-7,12,16H,8-9H2,1-3H3,(H,17,18)/t12-/m1/s1. The first-order chi connectivity index (χ1) is 9.98. The van der Waals surface area contributed by atoms with Gasteiger partial charge in [-0.2, -0.15) is 4.72 Å². The number of aliphatic carboxylic acids is 1. The first kappa shape index (κ1) is 18.9. The van der Waals surface area contributed by atoms with Gasteiger partial charge in [0.05, 0.1) is 18.0 Å². The highest BCUT2D eigenvalue weighted by Gasteiger charge is 2.26. The molecule has 0 spiro atoms. The van der Waals surface area contributed by atoms with Crippen LogP contribution in [0.15, 0.2) is 24.3 Å². The van der Waals surface area contributed by atoms with Crippen molar-refractivity contribution >= 4 is 27.6 Å². The molecule has 1 rings (SSSR count). The van der Waals surface area contributed by atoms with E-state index in [-0.39, 0.29) is 12.4 Å². The molecule has 0 radical (unpaired) electrons. The molecule has 0 saturated carbocycles. The van der Waals surface area contributed by atoms with Crippen molar-refractivity contribution in [1.29, 1.82) is 0 Å². The molecule has 0 saturated heterocycles. The molecule has 0 unspecified atom stereocenters. The third kappa shape index (κ3) is 7.22. The van der Waals surface area contributed by atoms with E-state index in [1.165, 1.54) is 0 Å². The summed E-state index contributed by atoms with van der Waals surface area (Å²) >= 11 is 5.73. The minimum Gasteiger partial charge on any atom is -0.480 e. The number of benzene rings is 1. The SMILES string of the molecule is CC(C)(C)OC[C@@H](NS(=O)(=O)Cc1ccc(Cl)cc1)C(=O)O. The molecule has 1 aromatic rings. The molecule has 1 aromatic carbocycles. The number of carboxylic acid groups (broad SMARTS) is 1. The van der Waals surface area contributed by atoms with Crippen molar-refractivity contribution in [3.8, 4) is 0 Å². The van der Waals surface area contributed by atoms with Crippen LogP contribution in [0.3, 0.4) is 0 Å². The first-order valence-corrected chi connectivity index (χ1v) is 8.63. The topological polar surface area (TPSA) is 92.7 Å². The van der Waals surface area contributed by atoms with Gasteiger partial charge in [-0.1, -0.05) is 23.7 Å². The highest BCUT2D eigenvalue weighted by Crippen LogP contribution is 2.12. The van der Waals surface area contributed by atoms with Crippen LogP contribution in [0.5, 0.6) is 0 Å². The first-order valence-electron chi connectivity index (χ1n) is 6.60. The number of rotatable bonds is 7. The molecule has 124 valence electrons. The predicted molar refractivity (Wildman–Crippen MR) is 84.3 cm³/mol. The van der Waals surface area contributed by atoms with E-state index in [9.17, 15) is 13.2 Å². The van der Waals surface area contributed by atoms with Crippen LogP contribution >= 0.6 is 11.6 Å². The molecule has 22 heavy (non-hydrogen) atoms. The second-order valence-electron chi connectivity index (χ2n) is 5.82. The van der Waals surface area contributed by atoms with Crippen molar-refractivity contribution in [2.24, 2.45) is 0 Å². The zero-order valence-electron chi connectivity index (χ0n) is 12.7. The van der Waals surface area contributed by atoms with Gasteiger partial charge in [0.25, 0.3) is 0 Å². The van der Waals surface area contributed by atoms with Crippen LogP contribution in [0.25, 0.3) is 0 Å². The van der Waals surface area contributed by atoms with E-state index >= 15 is 0 Å². The number of halogens is 1. The molecule has 0 fully saturated rings. The fraction of sp³-hybridized carbons (Fsp3) is 0.500. The van der Waals surface area contributed by atoms with Crippen LogP contribution in [-0.2, 0) is 25.3 Å². The summed E-state index contributed by atoms with van der Waals surface area (Å²) in [5.74, 6) is -1.62. The Hall–Kier alpha value is -1.15. The van der Waals surface area contributed by atoms with E-state index in [2.05, 4.69) is 4.72 Å². The van der Waals surface area contributed by atoms with Gasteiger partial charge in [0.1, 0.15) is 6.04 Å². The lowest BCUT2D eigenvalue weighted by molar-refractivity contribution is -0.142. The Bertz CT molecular complexity index is 607. The van der Waals surface area contributed by atoms with Gasteiger partial charge in [-0.15, -0.1) is 0 Å². The van der Waals surface area contributed by atoms with Gasteiger partial charge in [-0.3, -0.25) is 4.79 Å². The molecule has 0 amide bonds. The average molecular weight is 350 g/mol. The lowest BCUT2D eigenvalue weighted by Crippen LogP contribution is -2.45. The smallest absolute Gasteiger partial charge is 0.324 e. The number of hydrogen-bond acceptors (Lipinski definition) is 4.